The zero-order valence-corrected chi connectivity index (χ0v) is 19.8. The number of hydrogen-bond acceptors (Lipinski definition) is 8. The van der Waals surface area contributed by atoms with Crippen LogP contribution in [0.25, 0.3) is 11.1 Å². The van der Waals surface area contributed by atoms with Gasteiger partial charge in [-0.3, -0.25) is 4.79 Å². The van der Waals surface area contributed by atoms with Crippen LogP contribution in [0.1, 0.15) is 24.2 Å². The highest BCUT2D eigenvalue weighted by Gasteiger charge is 2.66. The summed E-state index contributed by atoms with van der Waals surface area (Å²) in [5, 5.41) is 8.87. The van der Waals surface area contributed by atoms with Crippen LogP contribution in [0.2, 0.25) is 0 Å². The number of pyridine rings is 1. The average Bonchev–Trinajstić information content (AvgIpc) is 3.60. The lowest BCUT2D eigenvalue weighted by Gasteiger charge is -2.14. The third kappa shape index (κ3) is 5.12. The van der Waals surface area contributed by atoms with Gasteiger partial charge in [-0.05, 0) is 36.1 Å². The van der Waals surface area contributed by atoms with Crippen LogP contribution >= 0.6 is 0 Å². The van der Waals surface area contributed by atoms with Crippen LogP contribution < -0.4 is 15.4 Å². The van der Waals surface area contributed by atoms with Gasteiger partial charge in [0.15, 0.2) is 11.6 Å². The minimum absolute atomic E-state index is 0.0924. The summed E-state index contributed by atoms with van der Waals surface area (Å²) < 4.78 is 64.4. The Kier molecular flexibility index (Phi) is 6.43. The van der Waals surface area contributed by atoms with Crippen LogP contribution in [-0.2, 0) is 16.6 Å². The second kappa shape index (κ2) is 9.72. The number of amides is 1. The van der Waals surface area contributed by atoms with Crippen LogP contribution in [0.15, 0.2) is 59.5 Å². The summed E-state index contributed by atoms with van der Waals surface area (Å²) in [6.07, 6.45) is -0.404. The Balaban J connectivity index is 1.21. The maximum absolute atomic E-state index is 14.8. The fourth-order valence-electron chi connectivity index (χ4n) is 3.85. The van der Waals surface area contributed by atoms with Gasteiger partial charge in [0.25, 0.3) is 0 Å². The van der Waals surface area contributed by atoms with Gasteiger partial charge in [-0.25, -0.2) is 19.3 Å². The van der Waals surface area contributed by atoms with Crippen LogP contribution in [0.5, 0.6) is 5.88 Å². The fourth-order valence-corrected chi connectivity index (χ4v) is 3.85. The second-order valence-electron chi connectivity index (χ2n) is 8.69. The predicted molar refractivity (Wildman–Crippen MR) is 127 cm³/mol. The van der Waals surface area contributed by atoms with Gasteiger partial charge in [0, 0.05) is 42.0 Å². The molecule has 1 aliphatic rings. The number of ether oxygens (including phenoxy) is 1. The zero-order chi connectivity index (χ0) is 26.9. The van der Waals surface area contributed by atoms with E-state index >= 15 is 0 Å². The van der Waals surface area contributed by atoms with Crippen molar-refractivity contribution >= 4 is 23.4 Å². The van der Waals surface area contributed by atoms with Gasteiger partial charge in [0.05, 0.1) is 13.5 Å². The van der Waals surface area contributed by atoms with E-state index in [1.807, 2.05) is 0 Å². The topological polar surface area (TPSA) is 115 Å². The van der Waals surface area contributed by atoms with Gasteiger partial charge >= 0.3 is 6.18 Å². The lowest BCUT2D eigenvalue weighted by molar-refractivity contribution is -0.165. The molecule has 3 heterocycles. The quantitative estimate of drug-likeness (QED) is 0.300. The summed E-state index contributed by atoms with van der Waals surface area (Å²) in [4.78, 5) is 24.9. The van der Waals surface area contributed by atoms with Crippen LogP contribution in [0.3, 0.4) is 0 Å². The average molecular weight is 528 g/mol. The normalized spacial score (nSPS) is 14.1. The molecule has 0 aliphatic heterocycles. The van der Waals surface area contributed by atoms with Crippen molar-refractivity contribution in [2.45, 2.75) is 30.9 Å². The monoisotopic (exact) mass is 528 g/mol. The van der Waals surface area contributed by atoms with E-state index in [1.165, 1.54) is 31.6 Å². The lowest BCUT2D eigenvalue weighted by Crippen LogP contribution is -2.28. The molecule has 3 aromatic heterocycles. The molecule has 13 heteroatoms. The molecule has 9 nitrogen and oxygen atoms in total. The smallest absolute Gasteiger partial charge is 0.401 e. The van der Waals surface area contributed by atoms with Crippen molar-refractivity contribution in [2.75, 3.05) is 17.7 Å². The molecule has 5 rings (SSSR count). The first-order chi connectivity index (χ1) is 18.2. The fraction of sp³-hybridized carbons (Fsp3) is 0.240. The molecule has 1 aromatic carbocycles. The molecule has 1 aliphatic carbocycles. The minimum Gasteiger partial charge on any atom is -0.481 e. The summed E-state index contributed by atoms with van der Waals surface area (Å²) in [5.74, 6) is -1.06. The summed E-state index contributed by atoms with van der Waals surface area (Å²) in [6, 6.07) is 8.75. The molecule has 38 heavy (non-hydrogen) atoms. The summed E-state index contributed by atoms with van der Waals surface area (Å²) in [6.45, 7) is 0. The van der Waals surface area contributed by atoms with Crippen molar-refractivity contribution in [3.05, 3.63) is 72.1 Å². The molecule has 0 unspecified atom stereocenters. The maximum atomic E-state index is 14.8. The number of anilines is 3. The Morgan fingerprint density at radius 1 is 1.08 bits per heavy atom. The van der Waals surface area contributed by atoms with Crippen LogP contribution in [-0.4, -0.2) is 39.3 Å². The van der Waals surface area contributed by atoms with Gasteiger partial charge in [0.2, 0.25) is 17.7 Å². The van der Waals surface area contributed by atoms with Gasteiger partial charge < -0.3 is 19.9 Å². The van der Waals surface area contributed by atoms with Gasteiger partial charge in [-0.2, -0.15) is 13.2 Å². The Hall–Kier alpha value is -4.55. The van der Waals surface area contributed by atoms with Crippen molar-refractivity contribution in [2.24, 2.45) is 0 Å². The van der Waals surface area contributed by atoms with E-state index in [9.17, 15) is 22.4 Å². The van der Waals surface area contributed by atoms with Crippen molar-refractivity contribution < 1.29 is 31.6 Å². The lowest BCUT2D eigenvalue weighted by atomic mass is 10.0. The third-order valence-corrected chi connectivity index (χ3v) is 6.13. The summed E-state index contributed by atoms with van der Waals surface area (Å²) in [7, 11) is 1.50. The number of halogens is 4. The maximum Gasteiger partial charge on any atom is 0.401 e. The molecular formula is C25H20F4N6O3. The minimum atomic E-state index is -4.46. The number of nitrogens with zero attached hydrogens (tertiary/aromatic N) is 4. The van der Waals surface area contributed by atoms with E-state index in [0.29, 0.717) is 28.6 Å². The standard InChI is InChI=1S/C25H20F4N6O3/c1-37-22-10-17(4-7-30-22)33-23-31-12-16(13-32-23)14-2-3-15(18(26)8-14)9-21(36)34-20-11-19(38-35-20)24(5-6-24)25(27,28)29/h2-4,7-8,10-13H,5-6,9H2,1H3,(H,34,35,36)(H,30,31,32,33). The molecule has 0 spiro atoms. The molecule has 1 fully saturated rings. The number of methoxy groups -OCH3 is 1. The van der Waals surface area contributed by atoms with Gasteiger partial charge in [-0.1, -0.05) is 17.3 Å². The van der Waals surface area contributed by atoms with Gasteiger partial charge in [0.1, 0.15) is 11.2 Å². The van der Waals surface area contributed by atoms with Crippen molar-refractivity contribution in [1.82, 2.24) is 20.1 Å². The molecule has 0 saturated heterocycles. The predicted octanol–water partition coefficient (Wildman–Crippen LogP) is 5.19. The number of alkyl halides is 3. The van der Waals surface area contributed by atoms with Crippen LogP contribution in [0.4, 0.5) is 35.0 Å². The Morgan fingerprint density at radius 3 is 2.50 bits per heavy atom. The first-order valence-electron chi connectivity index (χ1n) is 11.4. The summed E-state index contributed by atoms with van der Waals surface area (Å²) in [5.41, 5.74) is -0.240. The highest BCUT2D eigenvalue weighted by Crippen LogP contribution is 2.59. The van der Waals surface area contributed by atoms with Crippen molar-refractivity contribution in [3.8, 4) is 17.0 Å². The first kappa shape index (κ1) is 25.1. The van der Waals surface area contributed by atoms with Gasteiger partial charge in [-0.15, -0.1) is 0 Å². The Bertz CT molecular complexity index is 1470. The van der Waals surface area contributed by atoms with Crippen molar-refractivity contribution in [1.29, 1.82) is 0 Å². The highest BCUT2D eigenvalue weighted by atomic mass is 19.4. The molecule has 196 valence electrons. The van der Waals surface area contributed by atoms with E-state index in [2.05, 4.69) is 30.7 Å². The van der Waals surface area contributed by atoms with E-state index in [0.717, 1.165) is 6.07 Å². The number of carbonyl (C=O) groups is 1. The van der Waals surface area contributed by atoms with Crippen LogP contribution in [0, 0.1) is 5.82 Å². The van der Waals surface area contributed by atoms with Crippen molar-refractivity contribution in [3.63, 3.8) is 0 Å². The molecule has 0 bridgehead atoms. The first-order valence-corrected chi connectivity index (χ1v) is 11.4. The Morgan fingerprint density at radius 2 is 1.84 bits per heavy atom. The molecule has 1 amide bonds. The second-order valence-corrected chi connectivity index (χ2v) is 8.69. The molecule has 0 atom stereocenters. The van der Waals surface area contributed by atoms with E-state index in [-0.39, 0.29) is 36.4 Å². The van der Waals surface area contributed by atoms with E-state index in [1.54, 1.807) is 24.4 Å². The highest BCUT2D eigenvalue weighted by molar-refractivity contribution is 5.91. The molecular weight excluding hydrogens is 508 g/mol. The summed E-state index contributed by atoms with van der Waals surface area (Å²) >= 11 is 0. The number of benzene rings is 1. The number of aromatic nitrogens is 4. The Labute approximate surface area is 213 Å². The molecule has 4 aromatic rings. The molecule has 1 saturated carbocycles. The molecule has 2 N–H and O–H groups in total. The largest absolute Gasteiger partial charge is 0.481 e. The van der Waals surface area contributed by atoms with E-state index in [4.69, 9.17) is 9.26 Å². The number of carbonyl (C=O) groups excluding carboxylic acids is 1. The molecule has 0 radical (unpaired) electrons. The van der Waals surface area contributed by atoms with E-state index < -0.39 is 23.3 Å². The number of rotatable bonds is 8. The number of nitrogens with one attached hydrogen (secondary N) is 2. The SMILES string of the molecule is COc1cc(Nc2ncc(-c3ccc(CC(=O)Nc4cc(C5(C(F)(F)F)CC5)on4)c(F)c3)cn2)ccn1. The zero-order valence-electron chi connectivity index (χ0n) is 19.8. The number of hydrogen-bond donors (Lipinski definition) is 2. The third-order valence-electron chi connectivity index (χ3n) is 6.13.